The van der Waals surface area contributed by atoms with Crippen molar-refractivity contribution in [3.8, 4) is 0 Å². The van der Waals surface area contributed by atoms with E-state index in [0.717, 1.165) is 36.9 Å². The van der Waals surface area contributed by atoms with E-state index in [2.05, 4.69) is 16.1 Å². The Bertz CT molecular complexity index is 567. The Morgan fingerprint density at radius 1 is 1.37 bits per heavy atom. The zero-order valence-electron chi connectivity index (χ0n) is 10.3. The van der Waals surface area contributed by atoms with E-state index in [1.165, 1.54) is 0 Å². The number of fused-ring (bicyclic) bond motifs is 2. The summed E-state index contributed by atoms with van der Waals surface area (Å²) in [6, 6.07) is 5.42. The molecule has 1 saturated carbocycles. The minimum absolute atomic E-state index is 0.0300. The first kappa shape index (κ1) is 13.1. The van der Waals surface area contributed by atoms with Gasteiger partial charge in [0.1, 0.15) is 0 Å². The molecule has 0 bridgehead atoms. The molecule has 0 N–H and O–H groups in total. The van der Waals surface area contributed by atoms with Crippen molar-refractivity contribution in [3.05, 3.63) is 29.3 Å². The van der Waals surface area contributed by atoms with Crippen molar-refractivity contribution < 1.29 is 9.59 Å². The fourth-order valence-electron chi connectivity index (χ4n) is 3.22. The van der Waals surface area contributed by atoms with Crippen LogP contribution in [0.4, 0.5) is 5.69 Å². The minimum Gasteiger partial charge on any atom is -0.293 e. The van der Waals surface area contributed by atoms with E-state index in [-0.39, 0.29) is 17.6 Å². The van der Waals surface area contributed by atoms with Gasteiger partial charge in [-0.25, -0.2) is 3.93 Å². The molecule has 0 aromatic heterocycles. The number of benzene rings is 1. The maximum absolute atomic E-state index is 12.5. The fourth-order valence-corrected chi connectivity index (χ4v) is 4.02. The van der Waals surface area contributed by atoms with E-state index in [9.17, 15) is 9.59 Å². The molecule has 1 amide bonds. The number of amides is 1. The lowest BCUT2D eigenvalue weighted by Crippen LogP contribution is -2.33. The van der Waals surface area contributed by atoms with Crippen LogP contribution in [0.2, 0.25) is 0 Å². The second-order valence-electron chi connectivity index (χ2n) is 5.16. The van der Waals surface area contributed by atoms with Gasteiger partial charge >= 0.3 is 0 Å². The highest BCUT2D eigenvalue weighted by molar-refractivity contribution is 9.10. The molecule has 2 aliphatic rings. The van der Waals surface area contributed by atoms with E-state index in [4.69, 9.17) is 11.6 Å². The smallest absolute Gasteiger partial charge is 0.247 e. The van der Waals surface area contributed by atoms with E-state index in [0.29, 0.717) is 5.56 Å². The van der Waals surface area contributed by atoms with Crippen molar-refractivity contribution in [2.24, 2.45) is 0 Å². The highest BCUT2D eigenvalue weighted by Crippen LogP contribution is 2.52. The number of Topliss-reactive ketones (excluding diaryl/α,β-unsaturated/α-hetero) is 1. The van der Waals surface area contributed by atoms with Crippen LogP contribution in [0.3, 0.4) is 0 Å². The van der Waals surface area contributed by atoms with E-state index < -0.39 is 5.41 Å². The lowest BCUT2D eigenvalue weighted by molar-refractivity contribution is -0.121. The van der Waals surface area contributed by atoms with Gasteiger partial charge in [0.15, 0.2) is 5.78 Å². The normalized spacial score (nSPS) is 20.1. The predicted molar refractivity (Wildman–Crippen MR) is 78.1 cm³/mol. The van der Waals surface area contributed by atoms with Gasteiger partial charge in [0.05, 0.1) is 33.1 Å². The SMILES string of the molecule is O=C(CCl)c1ccc2c(c1)C1(CCCC1)C(=O)N2Br. The lowest BCUT2D eigenvalue weighted by Gasteiger charge is -2.21. The van der Waals surface area contributed by atoms with Gasteiger partial charge in [-0.15, -0.1) is 11.6 Å². The Labute approximate surface area is 125 Å². The third kappa shape index (κ3) is 1.77. The second-order valence-corrected chi connectivity index (χ2v) is 6.14. The van der Waals surface area contributed by atoms with Crippen molar-refractivity contribution in [1.29, 1.82) is 0 Å². The molecule has 1 heterocycles. The Hall–Kier alpha value is -0.870. The van der Waals surface area contributed by atoms with Crippen molar-refractivity contribution in [2.45, 2.75) is 31.1 Å². The summed E-state index contributed by atoms with van der Waals surface area (Å²) in [4.78, 5) is 24.2. The fraction of sp³-hybridized carbons (Fsp3) is 0.429. The third-order valence-corrected chi connectivity index (χ3v) is 5.16. The van der Waals surface area contributed by atoms with Gasteiger partial charge in [-0.1, -0.05) is 12.8 Å². The molecule has 1 aliphatic carbocycles. The molecule has 0 atom stereocenters. The molecule has 0 radical (unpaired) electrons. The van der Waals surface area contributed by atoms with Crippen molar-refractivity contribution in [1.82, 2.24) is 0 Å². The summed E-state index contributed by atoms with van der Waals surface area (Å²) in [6.45, 7) is 0. The van der Waals surface area contributed by atoms with Crippen LogP contribution in [0, 0.1) is 0 Å². The summed E-state index contributed by atoms with van der Waals surface area (Å²) in [5, 5.41) is 0. The molecule has 1 spiro atoms. The number of nitrogens with zero attached hydrogens (tertiary/aromatic N) is 1. The van der Waals surface area contributed by atoms with E-state index in [1.54, 1.807) is 9.99 Å². The molecular formula is C14H13BrClNO2. The summed E-state index contributed by atoms with van der Waals surface area (Å²) in [6.07, 6.45) is 3.83. The first-order valence-electron chi connectivity index (χ1n) is 6.34. The van der Waals surface area contributed by atoms with Crippen molar-refractivity contribution >= 4 is 45.1 Å². The Balaban J connectivity index is 2.15. The third-order valence-electron chi connectivity index (χ3n) is 4.21. The molecule has 100 valence electrons. The van der Waals surface area contributed by atoms with Crippen molar-refractivity contribution in [3.63, 3.8) is 0 Å². The van der Waals surface area contributed by atoms with Gasteiger partial charge in [0.25, 0.3) is 0 Å². The van der Waals surface area contributed by atoms with Crippen LogP contribution in [0.1, 0.15) is 41.6 Å². The molecule has 1 fully saturated rings. The second kappa shape index (κ2) is 4.60. The largest absolute Gasteiger partial charge is 0.293 e. The Kier molecular flexibility index (Phi) is 3.18. The molecular weight excluding hydrogens is 330 g/mol. The number of carbonyl (C=O) groups is 2. The van der Waals surface area contributed by atoms with Crippen LogP contribution in [0.15, 0.2) is 18.2 Å². The maximum atomic E-state index is 12.5. The number of hydrogen-bond donors (Lipinski definition) is 0. The average Bonchev–Trinajstić information content (AvgIpc) is 3.00. The minimum atomic E-state index is -0.429. The van der Waals surface area contributed by atoms with Gasteiger partial charge in [0.2, 0.25) is 5.91 Å². The molecule has 1 aromatic carbocycles. The lowest BCUT2D eigenvalue weighted by atomic mass is 9.79. The summed E-state index contributed by atoms with van der Waals surface area (Å²) in [7, 11) is 0. The number of alkyl halides is 1. The van der Waals surface area contributed by atoms with Crippen LogP contribution in [-0.4, -0.2) is 17.6 Å². The monoisotopic (exact) mass is 341 g/mol. The standard InChI is InChI=1S/C14H13BrClNO2/c15-17-11-4-3-9(12(18)8-16)7-10(11)14(13(17)19)5-1-2-6-14/h3-4,7H,1-2,5-6,8H2. The maximum Gasteiger partial charge on any atom is 0.247 e. The first-order valence-corrected chi connectivity index (χ1v) is 7.58. The number of halogens is 2. The van der Waals surface area contributed by atoms with Crippen LogP contribution in [0.5, 0.6) is 0 Å². The Morgan fingerprint density at radius 3 is 2.68 bits per heavy atom. The number of carbonyl (C=O) groups excluding carboxylic acids is 2. The molecule has 0 unspecified atom stereocenters. The summed E-state index contributed by atoms with van der Waals surface area (Å²) in [5.41, 5.74) is 2.00. The molecule has 3 nitrogen and oxygen atoms in total. The number of anilines is 1. The zero-order chi connectivity index (χ0) is 13.6. The van der Waals surface area contributed by atoms with E-state index >= 15 is 0 Å². The highest BCUT2D eigenvalue weighted by Gasteiger charge is 2.51. The number of hydrogen-bond acceptors (Lipinski definition) is 2. The van der Waals surface area contributed by atoms with Gasteiger partial charge in [0, 0.05) is 5.56 Å². The number of ketones is 1. The van der Waals surface area contributed by atoms with Gasteiger partial charge in [-0.3, -0.25) is 9.59 Å². The summed E-state index contributed by atoms with van der Waals surface area (Å²) < 4.78 is 1.54. The van der Waals surface area contributed by atoms with Crippen molar-refractivity contribution in [2.75, 3.05) is 9.81 Å². The van der Waals surface area contributed by atoms with Crippen LogP contribution in [-0.2, 0) is 10.2 Å². The molecule has 19 heavy (non-hydrogen) atoms. The van der Waals surface area contributed by atoms with E-state index in [1.807, 2.05) is 12.1 Å². The van der Waals surface area contributed by atoms with Crippen LogP contribution in [0.25, 0.3) is 0 Å². The van der Waals surface area contributed by atoms with Gasteiger partial charge in [-0.2, -0.15) is 0 Å². The molecule has 3 rings (SSSR count). The van der Waals surface area contributed by atoms with Crippen LogP contribution < -0.4 is 3.93 Å². The zero-order valence-corrected chi connectivity index (χ0v) is 12.6. The van der Waals surface area contributed by atoms with Crippen LogP contribution >= 0.6 is 27.7 Å². The van der Waals surface area contributed by atoms with Gasteiger partial charge in [-0.05, 0) is 36.6 Å². The molecule has 5 heteroatoms. The Morgan fingerprint density at radius 2 is 2.05 bits per heavy atom. The quantitative estimate of drug-likeness (QED) is 0.468. The topological polar surface area (TPSA) is 37.4 Å². The van der Waals surface area contributed by atoms with Gasteiger partial charge < -0.3 is 0 Å². The number of rotatable bonds is 2. The highest BCUT2D eigenvalue weighted by atomic mass is 79.9. The molecule has 1 aliphatic heterocycles. The molecule has 0 saturated heterocycles. The summed E-state index contributed by atoms with van der Waals surface area (Å²) >= 11 is 8.95. The molecule has 1 aromatic rings. The summed E-state index contributed by atoms with van der Waals surface area (Å²) in [5.74, 6) is -0.0360. The first-order chi connectivity index (χ1) is 9.10. The predicted octanol–water partition coefficient (Wildman–Crippen LogP) is 3.58. The average molecular weight is 343 g/mol.